The molecule has 0 saturated heterocycles. The number of nitro benzene ring substituents is 1. The Morgan fingerprint density at radius 1 is 0.963 bits per heavy atom. The summed E-state index contributed by atoms with van der Waals surface area (Å²) in [5, 5.41) is 14.3. The first-order valence-corrected chi connectivity index (χ1v) is 9.03. The predicted octanol–water partition coefficient (Wildman–Crippen LogP) is 5.05. The predicted molar refractivity (Wildman–Crippen MR) is 106 cm³/mol. The Balaban J connectivity index is 1.34. The number of hydrogen-bond donors (Lipinski definition) is 1. The van der Waals surface area contributed by atoms with Crippen LogP contribution >= 0.6 is 0 Å². The lowest BCUT2D eigenvalue weighted by Gasteiger charge is -2.09. The van der Waals surface area contributed by atoms with Gasteiger partial charge in [-0.3, -0.25) is 10.1 Å². The van der Waals surface area contributed by atoms with Crippen molar-refractivity contribution in [2.24, 2.45) is 0 Å². The topological polar surface area (TPSA) is 64.4 Å². The zero-order valence-corrected chi connectivity index (χ0v) is 14.9. The van der Waals surface area contributed by atoms with Gasteiger partial charge in [-0.1, -0.05) is 24.3 Å². The largest absolute Gasteiger partial charge is 0.494 e. The highest BCUT2D eigenvalue weighted by atomic mass is 16.6. The molecule has 1 aliphatic rings. The van der Waals surface area contributed by atoms with Gasteiger partial charge in [-0.25, -0.2) is 0 Å². The third-order valence-corrected chi connectivity index (χ3v) is 4.74. The number of benzene rings is 3. The summed E-state index contributed by atoms with van der Waals surface area (Å²) in [5.41, 5.74) is 5.63. The summed E-state index contributed by atoms with van der Waals surface area (Å²) in [6, 6.07) is 21.3. The fourth-order valence-corrected chi connectivity index (χ4v) is 3.43. The number of rotatable bonds is 7. The molecule has 0 amide bonds. The Labute approximate surface area is 157 Å². The van der Waals surface area contributed by atoms with Gasteiger partial charge in [0.1, 0.15) is 5.75 Å². The monoisotopic (exact) mass is 360 g/mol. The molecule has 27 heavy (non-hydrogen) atoms. The molecule has 0 bridgehead atoms. The Kier molecular flexibility index (Phi) is 4.75. The fourth-order valence-electron chi connectivity index (χ4n) is 3.43. The van der Waals surface area contributed by atoms with Gasteiger partial charge in [0.15, 0.2) is 0 Å². The molecule has 0 spiro atoms. The maximum absolute atomic E-state index is 11.0. The van der Waals surface area contributed by atoms with Gasteiger partial charge >= 0.3 is 0 Å². The Morgan fingerprint density at radius 2 is 1.70 bits per heavy atom. The van der Waals surface area contributed by atoms with Crippen molar-refractivity contribution in [2.75, 3.05) is 18.5 Å². The first-order chi connectivity index (χ1) is 13.2. The van der Waals surface area contributed by atoms with Crippen molar-refractivity contribution < 1.29 is 9.66 Å². The van der Waals surface area contributed by atoms with Crippen molar-refractivity contribution in [3.8, 4) is 16.9 Å². The van der Waals surface area contributed by atoms with Crippen LogP contribution < -0.4 is 10.1 Å². The minimum atomic E-state index is -0.346. The normalized spacial score (nSPS) is 11.6. The van der Waals surface area contributed by atoms with Crippen molar-refractivity contribution in [1.29, 1.82) is 0 Å². The molecule has 1 N–H and O–H groups in total. The molecule has 0 heterocycles. The second-order valence-electron chi connectivity index (χ2n) is 6.59. The number of nitro groups is 1. The van der Waals surface area contributed by atoms with Crippen LogP contribution in [0.3, 0.4) is 0 Å². The van der Waals surface area contributed by atoms with Gasteiger partial charge in [0.25, 0.3) is 5.69 Å². The van der Waals surface area contributed by atoms with Gasteiger partial charge in [-0.15, -0.1) is 0 Å². The van der Waals surface area contributed by atoms with Crippen LogP contribution in [0.25, 0.3) is 11.1 Å². The van der Waals surface area contributed by atoms with Crippen LogP contribution in [0, 0.1) is 10.1 Å². The van der Waals surface area contributed by atoms with Crippen molar-refractivity contribution in [1.82, 2.24) is 0 Å². The van der Waals surface area contributed by atoms with Gasteiger partial charge in [-0.05, 0) is 65.4 Å². The van der Waals surface area contributed by atoms with E-state index in [1.54, 1.807) is 12.1 Å². The Morgan fingerprint density at radius 3 is 2.48 bits per heavy atom. The van der Waals surface area contributed by atoms with Crippen molar-refractivity contribution >= 4 is 11.4 Å². The summed E-state index contributed by atoms with van der Waals surface area (Å²) >= 11 is 0. The minimum absolute atomic E-state index is 0.143. The van der Waals surface area contributed by atoms with Crippen LogP contribution in [0.15, 0.2) is 66.7 Å². The molecule has 3 aromatic carbocycles. The first kappa shape index (κ1) is 17.1. The summed E-state index contributed by atoms with van der Waals surface area (Å²) in [7, 11) is 0. The number of para-hydroxylation sites is 1. The van der Waals surface area contributed by atoms with Gasteiger partial charge in [0, 0.05) is 24.4 Å². The van der Waals surface area contributed by atoms with Crippen LogP contribution in [0.2, 0.25) is 0 Å². The average molecular weight is 360 g/mol. The zero-order chi connectivity index (χ0) is 18.6. The molecular formula is C22H20N2O3. The summed E-state index contributed by atoms with van der Waals surface area (Å²) in [4.78, 5) is 10.6. The summed E-state index contributed by atoms with van der Waals surface area (Å²) < 4.78 is 5.88. The lowest BCUT2D eigenvalue weighted by atomic mass is 10.1. The van der Waals surface area contributed by atoms with Crippen LogP contribution in [0.5, 0.6) is 5.75 Å². The lowest BCUT2D eigenvalue weighted by molar-refractivity contribution is -0.384. The SMILES string of the molecule is O=[N+]([O-])c1ccc2c(c1)Cc1cc(OCCCNc3ccccc3)ccc1-2. The molecule has 0 aliphatic heterocycles. The highest BCUT2D eigenvalue weighted by molar-refractivity contribution is 5.78. The first-order valence-electron chi connectivity index (χ1n) is 9.03. The van der Waals surface area contributed by atoms with Gasteiger partial charge < -0.3 is 10.1 Å². The van der Waals surface area contributed by atoms with Crippen molar-refractivity contribution in [3.05, 3.63) is 88.0 Å². The molecule has 1 aliphatic carbocycles. The van der Waals surface area contributed by atoms with E-state index in [4.69, 9.17) is 4.74 Å². The molecule has 0 atom stereocenters. The van der Waals surface area contributed by atoms with Gasteiger partial charge in [0.2, 0.25) is 0 Å². The van der Waals surface area contributed by atoms with E-state index in [0.717, 1.165) is 46.7 Å². The molecule has 3 aromatic rings. The molecule has 0 radical (unpaired) electrons. The third kappa shape index (κ3) is 3.77. The van der Waals surface area contributed by atoms with Crippen LogP contribution in [0.1, 0.15) is 17.5 Å². The Bertz CT molecular complexity index is 971. The smallest absolute Gasteiger partial charge is 0.269 e. The van der Waals surface area contributed by atoms with E-state index < -0.39 is 0 Å². The lowest BCUT2D eigenvalue weighted by Crippen LogP contribution is -2.07. The number of nitrogens with zero attached hydrogens (tertiary/aromatic N) is 1. The number of nitrogens with one attached hydrogen (secondary N) is 1. The van der Waals surface area contributed by atoms with Crippen LogP contribution in [-0.2, 0) is 6.42 Å². The number of fused-ring (bicyclic) bond motifs is 3. The molecule has 0 fully saturated rings. The Hall–Kier alpha value is -3.34. The highest BCUT2D eigenvalue weighted by Crippen LogP contribution is 2.39. The van der Waals surface area contributed by atoms with Crippen molar-refractivity contribution in [2.45, 2.75) is 12.8 Å². The standard InChI is InChI=1S/C22H20N2O3/c25-24(26)19-7-9-21-16(14-19)13-17-15-20(8-10-22(17)21)27-12-4-11-23-18-5-2-1-3-6-18/h1-3,5-10,14-15,23H,4,11-13H2. The van der Waals surface area contributed by atoms with E-state index in [1.165, 1.54) is 0 Å². The minimum Gasteiger partial charge on any atom is -0.494 e. The quantitative estimate of drug-likeness (QED) is 0.285. The number of anilines is 1. The maximum Gasteiger partial charge on any atom is 0.269 e. The molecule has 136 valence electrons. The van der Waals surface area contributed by atoms with Crippen LogP contribution in [-0.4, -0.2) is 18.1 Å². The number of non-ortho nitro benzene ring substituents is 1. The maximum atomic E-state index is 11.0. The van der Waals surface area contributed by atoms with E-state index in [-0.39, 0.29) is 10.6 Å². The molecule has 5 nitrogen and oxygen atoms in total. The third-order valence-electron chi connectivity index (χ3n) is 4.74. The van der Waals surface area contributed by atoms with E-state index >= 15 is 0 Å². The van der Waals surface area contributed by atoms with Crippen LogP contribution in [0.4, 0.5) is 11.4 Å². The fraction of sp³-hybridized carbons (Fsp3) is 0.182. The highest BCUT2D eigenvalue weighted by Gasteiger charge is 2.21. The summed E-state index contributed by atoms with van der Waals surface area (Å²) in [6.45, 7) is 1.49. The second kappa shape index (κ2) is 7.50. The van der Waals surface area contributed by atoms with E-state index in [0.29, 0.717) is 13.0 Å². The zero-order valence-electron chi connectivity index (χ0n) is 14.9. The molecule has 0 saturated carbocycles. The summed E-state index contributed by atoms with van der Waals surface area (Å²) in [6.07, 6.45) is 1.61. The molecular weight excluding hydrogens is 340 g/mol. The molecule has 0 aromatic heterocycles. The second-order valence-corrected chi connectivity index (χ2v) is 6.59. The average Bonchev–Trinajstić information content (AvgIpc) is 3.05. The number of hydrogen-bond acceptors (Lipinski definition) is 4. The van der Waals surface area contributed by atoms with Crippen molar-refractivity contribution in [3.63, 3.8) is 0 Å². The number of ether oxygens (including phenoxy) is 1. The van der Waals surface area contributed by atoms with E-state index in [9.17, 15) is 10.1 Å². The van der Waals surface area contributed by atoms with E-state index in [1.807, 2.05) is 54.6 Å². The molecule has 0 unspecified atom stereocenters. The molecule has 5 heteroatoms. The summed E-state index contributed by atoms with van der Waals surface area (Å²) in [5.74, 6) is 0.843. The van der Waals surface area contributed by atoms with Gasteiger partial charge in [0.05, 0.1) is 11.5 Å². The van der Waals surface area contributed by atoms with Gasteiger partial charge in [-0.2, -0.15) is 0 Å². The molecule has 4 rings (SSSR count). The van der Waals surface area contributed by atoms with E-state index in [2.05, 4.69) is 5.32 Å².